The molecule has 0 bridgehead atoms. The molecule has 0 saturated carbocycles. The van der Waals surface area contributed by atoms with Gasteiger partial charge in [-0.1, -0.05) is 41.4 Å². The first-order chi connectivity index (χ1) is 12.0. The lowest BCUT2D eigenvalue weighted by Crippen LogP contribution is -2.05. The van der Waals surface area contributed by atoms with Crippen molar-refractivity contribution in [3.8, 4) is 11.3 Å². The van der Waals surface area contributed by atoms with Gasteiger partial charge in [0.05, 0.1) is 26.9 Å². The van der Waals surface area contributed by atoms with Crippen LogP contribution in [0.1, 0.15) is 5.56 Å². The molecular weight excluding hydrogens is 363 g/mol. The van der Waals surface area contributed by atoms with Gasteiger partial charge in [0.25, 0.3) is 5.69 Å². The van der Waals surface area contributed by atoms with Crippen LogP contribution in [-0.2, 0) is 13.6 Å². The highest BCUT2D eigenvalue weighted by Gasteiger charge is 2.12. The number of nitro groups is 1. The quantitative estimate of drug-likeness (QED) is 0.506. The molecule has 1 N–H and O–H groups in total. The van der Waals surface area contributed by atoms with Crippen molar-refractivity contribution in [2.75, 3.05) is 5.32 Å². The number of non-ortho nitro benzene ring substituents is 1. The summed E-state index contributed by atoms with van der Waals surface area (Å²) in [5.74, 6) is 0.646. The minimum Gasteiger partial charge on any atom is -0.352 e. The Morgan fingerprint density at radius 3 is 2.72 bits per heavy atom. The molecule has 0 aliphatic carbocycles. The number of nitrogens with one attached hydrogen (secondary N) is 1. The highest BCUT2D eigenvalue weighted by atomic mass is 35.5. The Hall–Kier alpha value is -2.57. The third-order valence-corrected chi connectivity index (χ3v) is 4.51. The minimum absolute atomic E-state index is 0.0454. The monoisotopic (exact) mass is 376 g/mol. The van der Waals surface area contributed by atoms with Gasteiger partial charge in [0.1, 0.15) is 0 Å². The number of anilines is 1. The zero-order valence-electron chi connectivity index (χ0n) is 13.2. The third kappa shape index (κ3) is 3.75. The molecule has 0 radical (unpaired) electrons. The zero-order valence-corrected chi connectivity index (χ0v) is 14.8. The number of nitro benzene ring substituents is 1. The van der Waals surface area contributed by atoms with Gasteiger partial charge >= 0.3 is 0 Å². The number of hydrogen-bond acceptors (Lipinski definition) is 4. The lowest BCUT2D eigenvalue weighted by atomic mass is 10.1. The van der Waals surface area contributed by atoms with Gasteiger partial charge in [-0.15, -0.1) is 0 Å². The van der Waals surface area contributed by atoms with Crippen molar-refractivity contribution >= 4 is 34.8 Å². The number of nitrogens with zero attached hydrogens (tertiary/aromatic N) is 3. The van der Waals surface area contributed by atoms with Gasteiger partial charge in [-0.2, -0.15) is 0 Å². The first-order valence-corrected chi connectivity index (χ1v) is 8.15. The lowest BCUT2D eigenvalue weighted by Gasteiger charge is -2.09. The summed E-state index contributed by atoms with van der Waals surface area (Å²) in [6.07, 6.45) is 1.68. The Kier molecular flexibility index (Phi) is 4.92. The Morgan fingerprint density at radius 2 is 2.00 bits per heavy atom. The van der Waals surface area contributed by atoms with Crippen LogP contribution in [0, 0.1) is 10.1 Å². The van der Waals surface area contributed by atoms with E-state index in [2.05, 4.69) is 10.3 Å². The topological polar surface area (TPSA) is 73.0 Å². The number of hydrogen-bond donors (Lipinski definition) is 1. The molecule has 8 heteroatoms. The van der Waals surface area contributed by atoms with Gasteiger partial charge in [0.15, 0.2) is 0 Å². The van der Waals surface area contributed by atoms with Gasteiger partial charge in [-0.05, 0) is 17.7 Å². The zero-order chi connectivity index (χ0) is 18.0. The summed E-state index contributed by atoms with van der Waals surface area (Å²) in [5.41, 5.74) is 2.52. The van der Waals surface area contributed by atoms with E-state index in [4.69, 9.17) is 23.2 Å². The number of aromatic nitrogens is 2. The van der Waals surface area contributed by atoms with Crippen molar-refractivity contribution in [2.24, 2.45) is 7.05 Å². The fraction of sp³-hybridized carbons (Fsp3) is 0.118. The molecule has 0 fully saturated rings. The van der Waals surface area contributed by atoms with E-state index >= 15 is 0 Å². The molecule has 6 nitrogen and oxygen atoms in total. The Bertz CT molecular complexity index is 940. The number of imidazole rings is 1. The van der Waals surface area contributed by atoms with Crippen LogP contribution in [-0.4, -0.2) is 14.5 Å². The summed E-state index contributed by atoms with van der Waals surface area (Å²) in [5, 5.41) is 15.2. The number of rotatable bonds is 5. The Morgan fingerprint density at radius 1 is 1.20 bits per heavy atom. The highest BCUT2D eigenvalue weighted by molar-refractivity contribution is 6.42. The molecule has 0 aliphatic heterocycles. The maximum Gasteiger partial charge on any atom is 0.270 e. The molecule has 1 heterocycles. The van der Waals surface area contributed by atoms with Crippen molar-refractivity contribution in [1.29, 1.82) is 0 Å². The summed E-state index contributed by atoms with van der Waals surface area (Å²) in [7, 11) is 1.85. The van der Waals surface area contributed by atoms with Crippen LogP contribution in [0.25, 0.3) is 11.3 Å². The third-order valence-electron chi connectivity index (χ3n) is 3.78. The summed E-state index contributed by atoms with van der Waals surface area (Å²) in [6, 6.07) is 11.9. The average molecular weight is 377 g/mol. The highest BCUT2D eigenvalue weighted by Crippen LogP contribution is 2.26. The van der Waals surface area contributed by atoms with Crippen molar-refractivity contribution in [1.82, 2.24) is 9.55 Å². The van der Waals surface area contributed by atoms with E-state index in [9.17, 15) is 10.1 Å². The molecule has 0 saturated heterocycles. The summed E-state index contributed by atoms with van der Waals surface area (Å²) < 4.78 is 1.84. The van der Waals surface area contributed by atoms with E-state index in [-0.39, 0.29) is 5.69 Å². The van der Waals surface area contributed by atoms with Gasteiger partial charge in [0, 0.05) is 31.3 Å². The molecule has 3 aromatic rings. The average Bonchev–Trinajstić information content (AvgIpc) is 2.97. The second kappa shape index (κ2) is 7.13. The number of benzene rings is 2. The minimum atomic E-state index is -0.413. The van der Waals surface area contributed by atoms with Crippen LogP contribution >= 0.6 is 23.2 Å². The Labute approximate surface area is 154 Å². The molecule has 0 amide bonds. The standard InChI is InChI=1S/C17H14Cl2N4O2/c1-22-16(12-3-2-4-13(8-12)23(24)25)10-21-17(22)20-9-11-5-6-14(18)15(19)7-11/h2-8,10H,9H2,1H3,(H,20,21). The summed E-state index contributed by atoms with van der Waals surface area (Å²) >= 11 is 11.9. The van der Waals surface area contributed by atoms with E-state index in [0.29, 0.717) is 22.5 Å². The SMILES string of the molecule is Cn1c(-c2cccc([N+](=O)[O-])c2)cnc1NCc1ccc(Cl)c(Cl)c1. The molecule has 3 rings (SSSR count). The molecule has 0 aliphatic rings. The summed E-state index contributed by atoms with van der Waals surface area (Å²) in [6.45, 7) is 0.524. The predicted octanol–water partition coefficient (Wildman–Crippen LogP) is 4.91. The molecule has 0 atom stereocenters. The van der Waals surface area contributed by atoms with Crippen LogP contribution in [0.15, 0.2) is 48.7 Å². The van der Waals surface area contributed by atoms with Crippen LogP contribution in [0.3, 0.4) is 0 Å². The van der Waals surface area contributed by atoms with Gasteiger partial charge in [0.2, 0.25) is 5.95 Å². The normalized spacial score (nSPS) is 10.7. The predicted molar refractivity (Wildman–Crippen MR) is 99.1 cm³/mol. The fourth-order valence-electron chi connectivity index (χ4n) is 2.45. The van der Waals surface area contributed by atoms with E-state index < -0.39 is 4.92 Å². The number of halogens is 2. The van der Waals surface area contributed by atoms with Crippen LogP contribution < -0.4 is 5.32 Å². The van der Waals surface area contributed by atoms with Crippen molar-refractivity contribution < 1.29 is 4.92 Å². The largest absolute Gasteiger partial charge is 0.352 e. The van der Waals surface area contributed by atoms with Crippen molar-refractivity contribution in [2.45, 2.75) is 6.54 Å². The summed E-state index contributed by atoms with van der Waals surface area (Å²) in [4.78, 5) is 14.9. The molecule has 25 heavy (non-hydrogen) atoms. The second-order valence-electron chi connectivity index (χ2n) is 5.44. The molecule has 2 aromatic carbocycles. The van der Waals surface area contributed by atoms with E-state index in [0.717, 1.165) is 16.8 Å². The van der Waals surface area contributed by atoms with E-state index in [1.54, 1.807) is 24.4 Å². The van der Waals surface area contributed by atoms with Gasteiger partial charge < -0.3 is 9.88 Å². The molecule has 128 valence electrons. The van der Waals surface area contributed by atoms with Crippen LogP contribution in [0.4, 0.5) is 11.6 Å². The Balaban J connectivity index is 1.80. The van der Waals surface area contributed by atoms with Crippen LogP contribution in [0.5, 0.6) is 0 Å². The van der Waals surface area contributed by atoms with Crippen molar-refractivity contribution in [3.05, 3.63) is 74.4 Å². The van der Waals surface area contributed by atoms with Crippen LogP contribution in [0.2, 0.25) is 10.0 Å². The first-order valence-electron chi connectivity index (χ1n) is 7.40. The lowest BCUT2D eigenvalue weighted by molar-refractivity contribution is -0.384. The first kappa shape index (κ1) is 17.3. The molecule has 1 aromatic heterocycles. The van der Waals surface area contributed by atoms with E-state index in [1.807, 2.05) is 23.7 Å². The smallest absolute Gasteiger partial charge is 0.270 e. The molecule has 0 spiro atoms. The fourth-order valence-corrected chi connectivity index (χ4v) is 2.77. The second-order valence-corrected chi connectivity index (χ2v) is 6.25. The van der Waals surface area contributed by atoms with E-state index in [1.165, 1.54) is 12.1 Å². The molecule has 0 unspecified atom stereocenters. The van der Waals surface area contributed by atoms with Gasteiger partial charge in [-0.3, -0.25) is 10.1 Å². The van der Waals surface area contributed by atoms with Crippen molar-refractivity contribution in [3.63, 3.8) is 0 Å². The maximum atomic E-state index is 10.9. The van der Waals surface area contributed by atoms with Gasteiger partial charge in [-0.25, -0.2) is 4.98 Å². The maximum absolute atomic E-state index is 10.9. The molecular formula is C17H14Cl2N4O2.